The largest absolute Gasteiger partial charge is 0.494 e. The van der Waals surface area contributed by atoms with E-state index in [4.69, 9.17) is 4.74 Å². The van der Waals surface area contributed by atoms with Crippen LogP contribution in [0.25, 0.3) is 32.9 Å². The average molecular weight is 383 g/mol. The van der Waals surface area contributed by atoms with Gasteiger partial charge in [0.05, 0.1) is 12.1 Å². The van der Waals surface area contributed by atoms with Gasteiger partial charge in [0.25, 0.3) is 0 Å². The molecule has 5 aromatic rings. The maximum absolute atomic E-state index is 5.41. The number of H-pyrrole nitrogens is 2. The van der Waals surface area contributed by atoms with E-state index >= 15 is 0 Å². The highest BCUT2D eigenvalue weighted by Crippen LogP contribution is 2.28. The maximum Gasteiger partial charge on any atom is 0.120 e. The number of nitrogens with one attached hydrogen (secondary N) is 2. The zero-order valence-corrected chi connectivity index (χ0v) is 17.1. The van der Waals surface area contributed by atoms with Crippen molar-refractivity contribution >= 4 is 21.8 Å². The maximum atomic E-state index is 5.41. The number of aromatic nitrogens is 2. The SMILES string of the molecule is CCOc1ccc2[nH]c(C)cc2c1.Cc1cc2cccc(-c3ccccc3)c2[nH]1. The minimum Gasteiger partial charge on any atom is -0.494 e. The van der Waals surface area contributed by atoms with Crippen molar-refractivity contribution < 1.29 is 4.74 Å². The molecule has 2 N–H and O–H groups in total. The third kappa shape index (κ3) is 4.19. The summed E-state index contributed by atoms with van der Waals surface area (Å²) in [5, 5.41) is 2.49. The van der Waals surface area contributed by atoms with E-state index in [1.54, 1.807) is 0 Å². The Kier molecular flexibility index (Phi) is 5.39. The van der Waals surface area contributed by atoms with Crippen LogP contribution >= 0.6 is 0 Å². The first-order valence-electron chi connectivity index (χ1n) is 10.00. The molecular weight excluding hydrogens is 356 g/mol. The Bertz CT molecular complexity index is 1230. The van der Waals surface area contributed by atoms with E-state index in [1.165, 1.54) is 44.3 Å². The lowest BCUT2D eigenvalue weighted by molar-refractivity contribution is 0.341. The van der Waals surface area contributed by atoms with Gasteiger partial charge in [0, 0.05) is 33.2 Å². The second-order valence-electron chi connectivity index (χ2n) is 7.22. The standard InChI is InChI=1S/C15H13N.C11H13NO/c1-11-10-13-8-5-9-14(15(13)16-11)12-6-3-2-4-7-12;1-3-13-10-4-5-11-9(7-10)6-8(2)12-11/h2-10,16H,1H3;4-7,12H,3H2,1-2H3. The number of fused-ring (bicyclic) bond motifs is 2. The molecule has 29 heavy (non-hydrogen) atoms. The molecule has 0 aliphatic heterocycles. The van der Waals surface area contributed by atoms with E-state index in [-0.39, 0.29) is 0 Å². The Morgan fingerprint density at radius 3 is 2.28 bits per heavy atom. The number of hydrogen-bond acceptors (Lipinski definition) is 1. The highest BCUT2D eigenvalue weighted by molar-refractivity contribution is 5.94. The van der Waals surface area contributed by atoms with E-state index in [9.17, 15) is 0 Å². The summed E-state index contributed by atoms with van der Waals surface area (Å²) < 4.78 is 5.41. The van der Waals surface area contributed by atoms with Crippen LogP contribution in [0.3, 0.4) is 0 Å². The summed E-state index contributed by atoms with van der Waals surface area (Å²) in [5.74, 6) is 0.939. The van der Waals surface area contributed by atoms with Crippen LogP contribution in [-0.4, -0.2) is 16.6 Å². The van der Waals surface area contributed by atoms with Gasteiger partial charge in [-0.2, -0.15) is 0 Å². The minimum atomic E-state index is 0.717. The second kappa shape index (κ2) is 8.27. The predicted molar refractivity (Wildman–Crippen MR) is 123 cm³/mol. The topological polar surface area (TPSA) is 40.8 Å². The van der Waals surface area contributed by atoms with Crippen LogP contribution in [0, 0.1) is 13.8 Å². The summed E-state index contributed by atoms with van der Waals surface area (Å²) >= 11 is 0. The Labute approximate surface area is 171 Å². The molecule has 2 aromatic heterocycles. The lowest BCUT2D eigenvalue weighted by atomic mass is 10.0. The zero-order valence-electron chi connectivity index (χ0n) is 17.1. The first-order chi connectivity index (χ1) is 14.1. The van der Waals surface area contributed by atoms with Gasteiger partial charge in [-0.3, -0.25) is 0 Å². The molecule has 0 unspecified atom stereocenters. The fraction of sp³-hybridized carbons (Fsp3) is 0.154. The fourth-order valence-electron chi connectivity index (χ4n) is 3.67. The first kappa shape index (κ1) is 18.9. The number of rotatable bonds is 3. The van der Waals surface area contributed by atoms with E-state index in [0.29, 0.717) is 0 Å². The molecule has 3 aromatic carbocycles. The van der Waals surface area contributed by atoms with Crippen molar-refractivity contribution in [3.05, 3.63) is 90.3 Å². The smallest absolute Gasteiger partial charge is 0.120 e. The summed E-state index contributed by atoms with van der Waals surface area (Å²) in [5.41, 5.74) is 7.32. The van der Waals surface area contributed by atoms with Gasteiger partial charge in [-0.15, -0.1) is 0 Å². The molecule has 0 atom stereocenters. The molecule has 0 saturated carbocycles. The second-order valence-corrected chi connectivity index (χ2v) is 7.22. The van der Waals surface area contributed by atoms with Gasteiger partial charge in [0.1, 0.15) is 5.75 Å². The average Bonchev–Trinajstić information content (AvgIpc) is 3.29. The van der Waals surface area contributed by atoms with Gasteiger partial charge < -0.3 is 14.7 Å². The molecule has 2 heterocycles. The van der Waals surface area contributed by atoms with Crippen LogP contribution < -0.4 is 4.74 Å². The molecule has 0 aliphatic carbocycles. The zero-order chi connectivity index (χ0) is 20.2. The number of ether oxygens (including phenoxy) is 1. The van der Waals surface area contributed by atoms with E-state index in [0.717, 1.165) is 12.4 Å². The summed E-state index contributed by atoms with van der Waals surface area (Å²) in [7, 11) is 0. The number of para-hydroxylation sites is 1. The molecule has 0 fully saturated rings. The molecule has 0 amide bonds. The van der Waals surface area contributed by atoms with Gasteiger partial charge >= 0.3 is 0 Å². The van der Waals surface area contributed by atoms with Crippen molar-refractivity contribution in [3.8, 4) is 16.9 Å². The highest BCUT2D eigenvalue weighted by atomic mass is 16.5. The summed E-state index contributed by atoms with van der Waals surface area (Å²) in [4.78, 5) is 6.70. The molecule has 3 heteroatoms. The Morgan fingerprint density at radius 2 is 1.48 bits per heavy atom. The molecular formula is C26H26N2O. The fourth-order valence-corrected chi connectivity index (χ4v) is 3.67. The molecule has 5 rings (SSSR count). The van der Waals surface area contributed by atoms with Gasteiger partial charge in [-0.25, -0.2) is 0 Å². The molecule has 146 valence electrons. The monoisotopic (exact) mass is 382 g/mol. The highest BCUT2D eigenvalue weighted by Gasteiger charge is 2.04. The number of aromatic amines is 2. The van der Waals surface area contributed by atoms with Crippen LogP contribution in [0.4, 0.5) is 0 Å². The quantitative estimate of drug-likeness (QED) is 0.346. The number of aryl methyl sites for hydroxylation is 2. The Hall–Kier alpha value is -3.46. The van der Waals surface area contributed by atoms with Crippen LogP contribution in [-0.2, 0) is 0 Å². The molecule has 3 nitrogen and oxygen atoms in total. The van der Waals surface area contributed by atoms with E-state index < -0.39 is 0 Å². The van der Waals surface area contributed by atoms with Crippen LogP contribution in [0.15, 0.2) is 78.9 Å². The third-order valence-electron chi connectivity index (χ3n) is 4.91. The van der Waals surface area contributed by atoms with E-state index in [2.05, 4.69) is 84.5 Å². The van der Waals surface area contributed by atoms with Crippen molar-refractivity contribution in [2.75, 3.05) is 6.61 Å². The molecule has 0 spiro atoms. The predicted octanol–water partition coefficient (Wildman–Crippen LogP) is 7.02. The van der Waals surface area contributed by atoms with Gasteiger partial charge in [0.15, 0.2) is 0 Å². The summed E-state index contributed by atoms with van der Waals surface area (Å²) in [6, 6.07) is 27.3. The minimum absolute atomic E-state index is 0.717. The molecule has 0 aliphatic rings. The molecule has 0 saturated heterocycles. The Balaban J connectivity index is 0.000000145. The number of hydrogen-bond donors (Lipinski definition) is 2. The third-order valence-corrected chi connectivity index (χ3v) is 4.91. The number of benzene rings is 3. The van der Waals surface area contributed by atoms with Crippen molar-refractivity contribution in [1.29, 1.82) is 0 Å². The lowest BCUT2D eigenvalue weighted by Gasteiger charge is -2.02. The van der Waals surface area contributed by atoms with Gasteiger partial charge in [0.2, 0.25) is 0 Å². The van der Waals surface area contributed by atoms with Crippen LogP contribution in [0.2, 0.25) is 0 Å². The van der Waals surface area contributed by atoms with Gasteiger partial charge in [-0.05, 0) is 56.7 Å². The first-order valence-corrected chi connectivity index (χ1v) is 10.00. The normalized spacial score (nSPS) is 10.7. The lowest BCUT2D eigenvalue weighted by Crippen LogP contribution is -1.90. The van der Waals surface area contributed by atoms with Crippen molar-refractivity contribution in [1.82, 2.24) is 9.97 Å². The van der Waals surface area contributed by atoms with E-state index in [1.807, 2.05) is 25.1 Å². The molecule has 0 radical (unpaired) electrons. The summed E-state index contributed by atoms with van der Waals surface area (Å²) in [6.07, 6.45) is 0. The van der Waals surface area contributed by atoms with Crippen LogP contribution in [0.1, 0.15) is 18.3 Å². The van der Waals surface area contributed by atoms with Crippen molar-refractivity contribution in [2.45, 2.75) is 20.8 Å². The van der Waals surface area contributed by atoms with Crippen molar-refractivity contribution in [2.24, 2.45) is 0 Å². The van der Waals surface area contributed by atoms with Gasteiger partial charge in [-0.1, -0.05) is 48.5 Å². The Morgan fingerprint density at radius 1 is 0.724 bits per heavy atom. The summed E-state index contributed by atoms with van der Waals surface area (Å²) in [6.45, 7) is 6.86. The van der Waals surface area contributed by atoms with Crippen LogP contribution in [0.5, 0.6) is 5.75 Å². The molecule has 0 bridgehead atoms. The van der Waals surface area contributed by atoms with Crippen molar-refractivity contribution in [3.63, 3.8) is 0 Å².